The molecule has 1 saturated heterocycles. The molecule has 1 aromatic carbocycles. The third-order valence-corrected chi connectivity index (χ3v) is 4.83. The van der Waals surface area contributed by atoms with E-state index in [2.05, 4.69) is 24.9 Å². The van der Waals surface area contributed by atoms with Crippen LogP contribution in [-0.4, -0.2) is 43.4 Å². The van der Waals surface area contributed by atoms with Gasteiger partial charge in [-0.05, 0) is 38.4 Å². The fraction of sp³-hybridized carbons (Fsp3) is 0.625. The summed E-state index contributed by atoms with van der Waals surface area (Å²) < 4.78 is 5.42. The number of hydrogen-bond acceptors (Lipinski definition) is 3. The Bertz CT molecular complexity index is 432. The third kappa shape index (κ3) is 3.53. The van der Waals surface area contributed by atoms with Crippen LogP contribution in [-0.2, 0) is 4.74 Å². The molecule has 1 fully saturated rings. The van der Waals surface area contributed by atoms with Gasteiger partial charge in [-0.2, -0.15) is 0 Å². The van der Waals surface area contributed by atoms with Gasteiger partial charge in [0, 0.05) is 36.2 Å². The van der Waals surface area contributed by atoms with Crippen molar-refractivity contribution in [3.63, 3.8) is 0 Å². The average molecular weight is 298 g/mol. The van der Waals surface area contributed by atoms with Gasteiger partial charge in [-0.1, -0.05) is 29.8 Å². The molecule has 112 valence electrons. The fourth-order valence-electron chi connectivity index (χ4n) is 2.89. The van der Waals surface area contributed by atoms with E-state index in [0.717, 1.165) is 43.2 Å². The minimum absolute atomic E-state index is 0.0392. The van der Waals surface area contributed by atoms with Crippen molar-refractivity contribution < 1.29 is 9.84 Å². The molecule has 0 aromatic heterocycles. The predicted octanol–water partition coefficient (Wildman–Crippen LogP) is 3.12. The smallest absolute Gasteiger partial charge is 0.0501 e. The summed E-state index contributed by atoms with van der Waals surface area (Å²) in [5, 5.41) is 10.6. The molecule has 1 heterocycles. The first kappa shape index (κ1) is 15.8. The van der Waals surface area contributed by atoms with Crippen LogP contribution in [0.3, 0.4) is 0 Å². The molecule has 0 spiro atoms. The van der Waals surface area contributed by atoms with Crippen molar-refractivity contribution in [2.24, 2.45) is 5.41 Å². The largest absolute Gasteiger partial charge is 0.396 e. The van der Waals surface area contributed by atoms with Crippen LogP contribution in [0.25, 0.3) is 0 Å². The summed E-state index contributed by atoms with van der Waals surface area (Å²) in [6, 6.07) is 8.19. The van der Waals surface area contributed by atoms with E-state index in [-0.39, 0.29) is 18.1 Å². The van der Waals surface area contributed by atoms with E-state index in [1.165, 1.54) is 0 Å². The van der Waals surface area contributed by atoms with Gasteiger partial charge in [-0.15, -0.1) is 0 Å². The molecule has 0 saturated carbocycles. The summed E-state index contributed by atoms with van der Waals surface area (Å²) in [5.41, 5.74) is 1.10. The molecule has 0 amide bonds. The van der Waals surface area contributed by atoms with Crippen molar-refractivity contribution >= 4 is 11.6 Å². The summed E-state index contributed by atoms with van der Waals surface area (Å²) >= 11 is 6.28. The number of rotatable bonds is 5. The Morgan fingerprint density at radius 3 is 2.60 bits per heavy atom. The van der Waals surface area contributed by atoms with E-state index < -0.39 is 0 Å². The number of nitrogens with zero attached hydrogens (tertiary/aromatic N) is 1. The van der Waals surface area contributed by atoms with Crippen LogP contribution in [0.2, 0.25) is 5.02 Å². The molecule has 0 bridgehead atoms. The fourth-order valence-corrected chi connectivity index (χ4v) is 3.18. The lowest BCUT2D eigenvalue weighted by atomic mass is 9.80. The second kappa shape index (κ2) is 6.90. The van der Waals surface area contributed by atoms with Crippen molar-refractivity contribution in [2.75, 3.05) is 33.4 Å². The van der Waals surface area contributed by atoms with Gasteiger partial charge < -0.3 is 9.84 Å². The number of benzene rings is 1. The highest BCUT2D eigenvalue weighted by atomic mass is 35.5. The quantitative estimate of drug-likeness (QED) is 0.906. The van der Waals surface area contributed by atoms with Gasteiger partial charge in [0.25, 0.3) is 0 Å². The van der Waals surface area contributed by atoms with Crippen LogP contribution in [0.5, 0.6) is 0 Å². The lowest BCUT2D eigenvalue weighted by Gasteiger charge is -2.40. The summed E-state index contributed by atoms with van der Waals surface area (Å²) in [6.45, 7) is 4.73. The summed E-state index contributed by atoms with van der Waals surface area (Å²) in [4.78, 5) is 2.28. The van der Waals surface area contributed by atoms with Crippen LogP contribution in [0, 0.1) is 5.41 Å². The average Bonchev–Trinajstić information content (AvgIpc) is 2.48. The zero-order valence-electron chi connectivity index (χ0n) is 12.3. The molecule has 1 aromatic rings. The van der Waals surface area contributed by atoms with Gasteiger partial charge in [0.05, 0.1) is 6.61 Å². The monoisotopic (exact) mass is 297 g/mol. The third-order valence-electron chi connectivity index (χ3n) is 4.49. The van der Waals surface area contributed by atoms with E-state index >= 15 is 0 Å². The van der Waals surface area contributed by atoms with Gasteiger partial charge in [0.1, 0.15) is 0 Å². The van der Waals surface area contributed by atoms with Gasteiger partial charge in [0.2, 0.25) is 0 Å². The van der Waals surface area contributed by atoms with Gasteiger partial charge in [0.15, 0.2) is 0 Å². The maximum atomic E-state index is 9.79. The standard InChI is InChI=1S/C16H24ClNO2/c1-13(14-5-3-4-6-15(14)17)18(2)11-16(12-19)7-9-20-10-8-16/h3-6,13,19H,7-12H2,1-2H3. The summed E-state index contributed by atoms with van der Waals surface area (Å²) in [5.74, 6) is 0. The molecule has 1 aliphatic rings. The van der Waals surface area contributed by atoms with Crippen LogP contribution >= 0.6 is 11.6 Å². The number of aliphatic hydroxyl groups is 1. The van der Waals surface area contributed by atoms with Crippen LogP contribution in [0.4, 0.5) is 0 Å². The summed E-state index contributed by atoms with van der Waals surface area (Å²) in [6.07, 6.45) is 1.84. The first-order chi connectivity index (χ1) is 9.58. The Hall–Kier alpha value is -0.610. The van der Waals surface area contributed by atoms with E-state index in [4.69, 9.17) is 16.3 Å². The van der Waals surface area contributed by atoms with Crippen LogP contribution in [0.1, 0.15) is 31.4 Å². The molecular formula is C16H24ClNO2. The van der Waals surface area contributed by atoms with Gasteiger partial charge >= 0.3 is 0 Å². The molecule has 0 radical (unpaired) electrons. The number of hydrogen-bond donors (Lipinski definition) is 1. The first-order valence-electron chi connectivity index (χ1n) is 7.21. The molecule has 0 aliphatic carbocycles. The van der Waals surface area contributed by atoms with Crippen molar-refractivity contribution in [3.05, 3.63) is 34.9 Å². The topological polar surface area (TPSA) is 32.7 Å². The van der Waals surface area contributed by atoms with Crippen molar-refractivity contribution in [3.8, 4) is 0 Å². The minimum atomic E-state index is -0.0392. The van der Waals surface area contributed by atoms with Gasteiger partial charge in [-0.25, -0.2) is 0 Å². The van der Waals surface area contributed by atoms with E-state index in [1.807, 2.05) is 18.2 Å². The Kier molecular flexibility index (Phi) is 5.44. The normalized spacial score (nSPS) is 20.1. The molecule has 3 nitrogen and oxygen atoms in total. The van der Waals surface area contributed by atoms with E-state index in [1.54, 1.807) is 0 Å². The highest BCUT2D eigenvalue weighted by molar-refractivity contribution is 6.31. The molecule has 1 unspecified atom stereocenters. The number of halogens is 1. The maximum Gasteiger partial charge on any atom is 0.0501 e. The zero-order valence-corrected chi connectivity index (χ0v) is 13.1. The Morgan fingerprint density at radius 2 is 2.00 bits per heavy atom. The second-order valence-electron chi connectivity index (χ2n) is 5.88. The molecule has 1 atom stereocenters. The predicted molar refractivity (Wildman–Crippen MR) is 82.1 cm³/mol. The van der Waals surface area contributed by atoms with Gasteiger partial charge in [-0.3, -0.25) is 4.90 Å². The molecular weight excluding hydrogens is 274 g/mol. The molecule has 1 N–H and O–H groups in total. The molecule has 1 aliphatic heterocycles. The Morgan fingerprint density at radius 1 is 1.35 bits per heavy atom. The van der Waals surface area contributed by atoms with E-state index in [9.17, 15) is 5.11 Å². The lowest BCUT2D eigenvalue weighted by molar-refractivity contribution is -0.0355. The SMILES string of the molecule is CC(c1ccccc1Cl)N(C)CC1(CO)CCOCC1. The van der Waals surface area contributed by atoms with Crippen LogP contribution < -0.4 is 0 Å². The van der Waals surface area contributed by atoms with Crippen molar-refractivity contribution in [1.29, 1.82) is 0 Å². The van der Waals surface area contributed by atoms with Crippen molar-refractivity contribution in [2.45, 2.75) is 25.8 Å². The Labute approximate surface area is 126 Å². The lowest BCUT2D eigenvalue weighted by Crippen LogP contribution is -2.43. The first-order valence-corrected chi connectivity index (χ1v) is 7.59. The second-order valence-corrected chi connectivity index (χ2v) is 6.29. The maximum absolute atomic E-state index is 9.79. The molecule has 2 rings (SSSR count). The van der Waals surface area contributed by atoms with E-state index in [0.29, 0.717) is 0 Å². The Balaban J connectivity index is 2.07. The minimum Gasteiger partial charge on any atom is -0.396 e. The molecule has 4 heteroatoms. The summed E-state index contributed by atoms with van der Waals surface area (Å²) in [7, 11) is 2.10. The molecule has 20 heavy (non-hydrogen) atoms. The number of ether oxygens (including phenoxy) is 1. The number of aliphatic hydroxyl groups excluding tert-OH is 1. The van der Waals surface area contributed by atoms with Crippen molar-refractivity contribution in [1.82, 2.24) is 4.90 Å². The highest BCUT2D eigenvalue weighted by Crippen LogP contribution is 2.34. The zero-order chi connectivity index (χ0) is 14.6. The highest BCUT2D eigenvalue weighted by Gasteiger charge is 2.34. The van der Waals surface area contributed by atoms with Crippen LogP contribution in [0.15, 0.2) is 24.3 Å².